The molecule has 1 aromatic rings. The summed E-state index contributed by atoms with van der Waals surface area (Å²) >= 11 is 0. The topological polar surface area (TPSA) is 57.5 Å². The summed E-state index contributed by atoms with van der Waals surface area (Å²) in [5.41, 5.74) is 2.17. The van der Waals surface area contributed by atoms with Gasteiger partial charge in [0.25, 0.3) is 0 Å². The second-order valence-electron chi connectivity index (χ2n) is 6.89. The molecule has 0 aliphatic rings. The van der Waals surface area contributed by atoms with Gasteiger partial charge < -0.3 is 10.2 Å². The Balaban J connectivity index is 3.34. The monoisotopic (exact) mass is 264 g/mol. The first kappa shape index (κ1) is 15.5. The third-order valence-corrected chi connectivity index (χ3v) is 3.47. The van der Waals surface area contributed by atoms with Crippen LogP contribution >= 0.6 is 0 Å². The number of carboxylic acid groups (broad SMARTS) is 1. The molecule has 106 valence electrons. The molecule has 0 fully saturated rings. The van der Waals surface area contributed by atoms with Crippen LogP contribution < -0.4 is 0 Å². The number of hydrogen-bond donors (Lipinski definition) is 2. The summed E-state index contributed by atoms with van der Waals surface area (Å²) in [6.07, 6.45) is 0.0438. The standard InChI is InChI=1S/C16H24O3/c1-10-7-12(15(2,3)4)13(17)8-11(10)16(5,6)9-14(18)19/h7-8,17H,9H2,1-6H3,(H,18,19). The number of carbonyl (C=O) groups is 1. The maximum Gasteiger partial charge on any atom is 0.304 e. The number of aliphatic carboxylic acids is 1. The van der Waals surface area contributed by atoms with Gasteiger partial charge in [-0.3, -0.25) is 4.79 Å². The van der Waals surface area contributed by atoms with Crippen LogP contribution in [0.25, 0.3) is 0 Å². The molecule has 1 rings (SSSR count). The second kappa shape index (κ2) is 4.87. The lowest BCUT2D eigenvalue weighted by atomic mass is 9.76. The highest BCUT2D eigenvalue weighted by Gasteiger charge is 2.28. The van der Waals surface area contributed by atoms with Crippen molar-refractivity contribution in [3.8, 4) is 5.75 Å². The predicted octanol–water partition coefficient (Wildman–Crippen LogP) is 3.75. The van der Waals surface area contributed by atoms with Crippen molar-refractivity contribution in [1.29, 1.82) is 0 Å². The Kier molecular flexibility index (Phi) is 3.99. The molecule has 0 unspecified atom stereocenters. The molecule has 0 saturated heterocycles. The van der Waals surface area contributed by atoms with Crippen LogP contribution in [0.4, 0.5) is 0 Å². The molecule has 3 nitrogen and oxygen atoms in total. The van der Waals surface area contributed by atoms with Gasteiger partial charge in [-0.25, -0.2) is 0 Å². The molecule has 0 aromatic heterocycles. The summed E-state index contributed by atoms with van der Waals surface area (Å²) in [6, 6.07) is 3.69. The molecule has 1 aromatic carbocycles. The molecular weight excluding hydrogens is 240 g/mol. The van der Waals surface area contributed by atoms with Gasteiger partial charge in [0.15, 0.2) is 0 Å². The predicted molar refractivity (Wildman–Crippen MR) is 76.8 cm³/mol. The molecule has 0 aliphatic heterocycles. The summed E-state index contributed by atoms with van der Waals surface area (Å²) in [5.74, 6) is -0.588. The maximum atomic E-state index is 10.9. The van der Waals surface area contributed by atoms with E-state index in [9.17, 15) is 9.90 Å². The Morgan fingerprint density at radius 1 is 1.11 bits per heavy atom. The zero-order chi connectivity index (χ0) is 15.0. The minimum atomic E-state index is -0.830. The molecule has 2 N–H and O–H groups in total. The molecule has 0 amide bonds. The highest BCUT2D eigenvalue weighted by molar-refractivity contribution is 5.69. The minimum absolute atomic E-state index is 0.0438. The van der Waals surface area contributed by atoms with Gasteiger partial charge in [0.1, 0.15) is 5.75 Å². The van der Waals surface area contributed by atoms with E-state index < -0.39 is 11.4 Å². The van der Waals surface area contributed by atoms with Gasteiger partial charge in [0.2, 0.25) is 0 Å². The Bertz CT molecular complexity index is 493. The summed E-state index contributed by atoms with van der Waals surface area (Å²) in [7, 11) is 0. The smallest absolute Gasteiger partial charge is 0.304 e. The first-order valence-corrected chi connectivity index (χ1v) is 6.51. The maximum absolute atomic E-state index is 10.9. The van der Waals surface area contributed by atoms with Crippen LogP contribution in [0, 0.1) is 6.92 Å². The first-order valence-electron chi connectivity index (χ1n) is 6.51. The van der Waals surface area contributed by atoms with Gasteiger partial charge in [-0.15, -0.1) is 0 Å². The Morgan fingerprint density at radius 2 is 1.63 bits per heavy atom. The normalized spacial score (nSPS) is 12.5. The van der Waals surface area contributed by atoms with E-state index in [1.807, 2.05) is 47.6 Å². The molecule has 0 aliphatic carbocycles. The summed E-state index contributed by atoms with van der Waals surface area (Å²) < 4.78 is 0. The molecule has 3 heteroatoms. The summed E-state index contributed by atoms with van der Waals surface area (Å²) in [4.78, 5) is 10.9. The Morgan fingerprint density at radius 3 is 2.05 bits per heavy atom. The van der Waals surface area contributed by atoms with Gasteiger partial charge in [-0.2, -0.15) is 0 Å². The fourth-order valence-electron chi connectivity index (χ4n) is 2.50. The van der Waals surface area contributed by atoms with Crippen molar-refractivity contribution >= 4 is 5.97 Å². The van der Waals surface area contributed by atoms with Crippen LogP contribution in [-0.2, 0) is 15.6 Å². The number of carboxylic acids is 1. The molecular formula is C16H24O3. The third-order valence-electron chi connectivity index (χ3n) is 3.47. The van der Waals surface area contributed by atoms with E-state index in [-0.39, 0.29) is 17.6 Å². The lowest BCUT2D eigenvalue weighted by Gasteiger charge is -2.28. The van der Waals surface area contributed by atoms with E-state index in [2.05, 4.69) is 0 Å². The summed E-state index contributed by atoms with van der Waals surface area (Å²) in [5, 5.41) is 19.2. The minimum Gasteiger partial charge on any atom is -0.508 e. The van der Waals surface area contributed by atoms with E-state index in [0.29, 0.717) is 0 Å². The van der Waals surface area contributed by atoms with Crippen LogP contribution in [0.2, 0.25) is 0 Å². The molecule has 0 bridgehead atoms. The van der Waals surface area contributed by atoms with E-state index in [0.717, 1.165) is 16.7 Å². The van der Waals surface area contributed by atoms with Crippen LogP contribution in [0.5, 0.6) is 5.75 Å². The fraction of sp³-hybridized carbons (Fsp3) is 0.562. The number of aromatic hydroxyl groups is 1. The fourth-order valence-corrected chi connectivity index (χ4v) is 2.50. The average Bonchev–Trinajstić information content (AvgIpc) is 2.17. The van der Waals surface area contributed by atoms with E-state index in [1.54, 1.807) is 6.07 Å². The number of aryl methyl sites for hydroxylation is 1. The molecule has 19 heavy (non-hydrogen) atoms. The first-order chi connectivity index (χ1) is 8.45. The largest absolute Gasteiger partial charge is 0.508 e. The third kappa shape index (κ3) is 3.49. The van der Waals surface area contributed by atoms with Crippen LogP contribution in [-0.4, -0.2) is 16.2 Å². The molecule has 0 spiro atoms. The van der Waals surface area contributed by atoms with Crippen molar-refractivity contribution in [3.63, 3.8) is 0 Å². The van der Waals surface area contributed by atoms with Crippen molar-refractivity contribution in [2.75, 3.05) is 0 Å². The Labute approximate surface area is 115 Å². The molecule has 0 atom stereocenters. The Hall–Kier alpha value is -1.51. The average molecular weight is 264 g/mol. The number of benzene rings is 1. The lowest BCUT2D eigenvalue weighted by Crippen LogP contribution is -2.23. The molecule has 0 radical (unpaired) electrons. The quantitative estimate of drug-likeness (QED) is 0.874. The van der Waals surface area contributed by atoms with E-state index >= 15 is 0 Å². The van der Waals surface area contributed by atoms with Crippen LogP contribution in [0.15, 0.2) is 12.1 Å². The SMILES string of the molecule is Cc1cc(C(C)(C)C)c(O)cc1C(C)(C)CC(=O)O. The second-order valence-corrected chi connectivity index (χ2v) is 6.89. The van der Waals surface area contributed by atoms with Crippen molar-refractivity contribution in [2.45, 2.75) is 58.8 Å². The molecule has 0 saturated carbocycles. The van der Waals surface area contributed by atoms with Crippen LogP contribution in [0.1, 0.15) is 57.7 Å². The number of hydrogen-bond acceptors (Lipinski definition) is 2. The van der Waals surface area contributed by atoms with E-state index in [1.165, 1.54) is 0 Å². The number of phenols is 1. The van der Waals surface area contributed by atoms with Gasteiger partial charge in [0, 0.05) is 5.41 Å². The van der Waals surface area contributed by atoms with Gasteiger partial charge in [-0.1, -0.05) is 40.7 Å². The van der Waals surface area contributed by atoms with E-state index in [4.69, 9.17) is 5.11 Å². The number of phenolic OH excluding ortho intramolecular Hbond substituents is 1. The summed E-state index contributed by atoms with van der Waals surface area (Å²) in [6.45, 7) is 11.9. The van der Waals surface area contributed by atoms with Crippen molar-refractivity contribution in [2.24, 2.45) is 0 Å². The van der Waals surface area contributed by atoms with Gasteiger partial charge in [-0.05, 0) is 35.1 Å². The van der Waals surface area contributed by atoms with Crippen molar-refractivity contribution in [3.05, 3.63) is 28.8 Å². The van der Waals surface area contributed by atoms with Gasteiger partial charge >= 0.3 is 5.97 Å². The zero-order valence-corrected chi connectivity index (χ0v) is 12.7. The van der Waals surface area contributed by atoms with Crippen molar-refractivity contribution < 1.29 is 15.0 Å². The lowest BCUT2D eigenvalue weighted by molar-refractivity contribution is -0.138. The van der Waals surface area contributed by atoms with Crippen molar-refractivity contribution in [1.82, 2.24) is 0 Å². The molecule has 0 heterocycles. The number of rotatable bonds is 3. The highest BCUT2D eigenvalue weighted by Crippen LogP contribution is 2.38. The van der Waals surface area contributed by atoms with Gasteiger partial charge in [0.05, 0.1) is 6.42 Å². The van der Waals surface area contributed by atoms with Crippen LogP contribution in [0.3, 0.4) is 0 Å². The highest BCUT2D eigenvalue weighted by atomic mass is 16.4. The zero-order valence-electron chi connectivity index (χ0n) is 12.7.